The highest BCUT2D eigenvalue weighted by molar-refractivity contribution is 7.89. The topological polar surface area (TPSA) is 85.5 Å². The van der Waals surface area contributed by atoms with Crippen LogP contribution in [0.4, 0.5) is 0 Å². The van der Waals surface area contributed by atoms with Crippen LogP contribution in [0.5, 0.6) is 0 Å². The van der Waals surface area contributed by atoms with Crippen molar-refractivity contribution in [3.8, 4) is 0 Å². The second-order valence-corrected chi connectivity index (χ2v) is 7.64. The molecule has 0 N–H and O–H groups in total. The molecule has 2 saturated heterocycles. The van der Waals surface area contributed by atoms with Gasteiger partial charge in [0, 0.05) is 13.1 Å². The second kappa shape index (κ2) is 5.09. The minimum absolute atomic E-state index is 0.0673. The van der Waals surface area contributed by atoms with Crippen molar-refractivity contribution in [3.05, 3.63) is 11.7 Å². The van der Waals surface area contributed by atoms with Crippen LogP contribution < -0.4 is 0 Å². The molecular formula is C12H19N3O4S. The van der Waals surface area contributed by atoms with Gasteiger partial charge in [0.05, 0.1) is 11.9 Å². The number of rotatable bonds is 3. The van der Waals surface area contributed by atoms with Crippen molar-refractivity contribution in [2.75, 3.05) is 18.8 Å². The molecule has 1 aromatic heterocycles. The largest absolute Gasteiger partial charge is 0.363 e. The normalized spacial score (nSPS) is 31.4. The number of hydrogen-bond acceptors (Lipinski definition) is 6. The summed E-state index contributed by atoms with van der Waals surface area (Å²) in [4.78, 5) is 4.20. The van der Waals surface area contributed by atoms with E-state index in [1.54, 1.807) is 13.8 Å². The lowest BCUT2D eigenvalue weighted by molar-refractivity contribution is -0.00201. The molecule has 7 nitrogen and oxygen atoms in total. The Morgan fingerprint density at radius 2 is 2.25 bits per heavy atom. The fraction of sp³-hybridized carbons (Fsp3) is 0.833. The predicted octanol–water partition coefficient (Wildman–Crippen LogP) is 0.880. The van der Waals surface area contributed by atoms with Gasteiger partial charge in [0.25, 0.3) is 5.89 Å². The lowest BCUT2D eigenvalue weighted by Crippen LogP contribution is -2.45. The third-order valence-corrected chi connectivity index (χ3v) is 5.94. The SMILES string of the molecule is CCS(=O)(=O)N1CC[C@H]2C[C@@H](c3nc(C)no3)O[C@@H]2C1. The fourth-order valence-corrected chi connectivity index (χ4v) is 4.06. The number of aromatic nitrogens is 2. The maximum absolute atomic E-state index is 11.9. The van der Waals surface area contributed by atoms with Gasteiger partial charge >= 0.3 is 0 Å². The highest BCUT2D eigenvalue weighted by Gasteiger charge is 2.43. The van der Waals surface area contributed by atoms with E-state index < -0.39 is 10.0 Å². The summed E-state index contributed by atoms with van der Waals surface area (Å²) in [6.07, 6.45) is 1.39. The smallest absolute Gasteiger partial charge is 0.255 e. The van der Waals surface area contributed by atoms with E-state index in [9.17, 15) is 8.42 Å². The Kier molecular flexibility index (Phi) is 3.55. The Labute approximate surface area is 118 Å². The Hall–Kier alpha value is -0.990. The molecule has 0 aliphatic carbocycles. The maximum atomic E-state index is 11.9. The molecule has 112 valence electrons. The maximum Gasteiger partial charge on any atom is 0.255 e. The monoisotopic (exact) mass is 301 g/mol. The lowest BCUT2D eigenvalue weighted by atomic mass is 9.93. The fourth-order valence-electron chi connectivity index (χ4n) is 2.94. The van der Waals surface area contributed by atoms with Crippen LogP contribution in [0, 0.1) is 12.8 Å². The zero-order valence-electron chi connectivity index (χ0n) is 11.7. The average molecular weight is 301 g/mol. The molecular weight excluding hydrogens is 282 g/mol. The standard InChI is InChI=1S/C12H19N3O4S/c1-3-20(16,17)15-5-4-9-6-10(18-11(9)7-15)12-13-8(2)14-19-12/h9-11H,3-7H2,1-2H3/t9-,10-,11+/m0/s1. The molecule has 0 unspecified atom stereocenters. The van der Waals surface area contributed by atoms with E-state index in [0.29, 0.717) is 30.7 Å². The summed E-state index contributed by atoms with van der Waals surface area (Å²) in [6.45, 7) is 4.45. The molecule has 8 heteroatoms. The first-order chi connectivity index (χ1) is 9.49. The van der Waals surface area contributed by atoms with Crippen LogP contribution in [0.3, 0.4) is 0 Å². The van der Waals surface area contributed by atoms with E-state index >= 15 is 0 Å². The van der Waals surface area contributed by atoms with Gasteiger partial charge in [0.1, 0.15) is 6.10 Å². The molecule has 3 heterocycles. The van der Waals surface area contributed by atoms with Crippen LogP contribution in [0.25, 0.3) is 0 Å². The number of fused-ring (bicyclic) bond motifs is 1. The number of ether oxygens (including phenoxy) is 1. The van der Waals surface area contributed by atoms with Crippen molar-refractivity contribution >= 4 is 10.0 Å². The van der Waals surface area contributed by atoms with Crippen molar-refractivity contribution in [2.45, 2.75) is 38.9 Å². The van der Waals surface area contributed by atoms with E-state index in [2.05, 4.69) is 10.1 Å². The van der Waals surface area contributed by atoms with Crippen molar-refractivity contribution < 1.29 is 17.7 Å². The molecule has 0 amide bonds. The van der Waals surface area contributed by atoms with E-state index in [4.69, 9.17) is 9.26 Å². The van der Waals surface area contributed by atoms with Crippen molar-refractivity contribution in [1.82, 2.24) is 14.4 Å². The first-order valence-electron chi connectivity index (χ1n) is 6.93. The Morgan fingerprint density at radius 1 is 1.45 bits per heavy atom. The van der Waals surface area contributed by atoms with E-state index in [-0.39, 0.29) is 18.0 Å². The quantitative estimate of drug-likeness (QED) is 0.824. The molecule has 2 fully saturated rings. The van der Waals surface area contributed by atoms with E-state index in [1.807, 2.05) is 0 Å². The minimum Gasteiger partial charge on any atom is -0.363 e. The van der Waals surface area contributed by atoms with E-state index in [0.717, 1.165) is 12.8 Å². The van der Waals surface area contributed by atoms with Crippen molar-refractivity contribution in [1.29, 1.82) is 0 Å². The molecule has 20 heavy (non-hydrogen) atoms. The Bertz CT molecular complexity index is 585. The van der Waals surface area contributed by atoms with Crippen LogP contribution in [-0.4, -0.2) is 47.8 Å². The highest BCUT2D eigenvalue weighted by Crippen LogP contribution is 2.40. The summed E-state index contributed by atoms with van der Waals surface area (Å²) in [5.74, 6) is 1.60. The molecule has 0 radical (unpaired) electrons. The molecule has 0 bridgehead atoms. The van der Waals surface area contributed by atoms with Gasteiger partial charge < -0.3 is 9.26 Å². The zero-order valence-corrected chi connectivity index (χ0v) is 12.5. The van der Waals surface area contributed by atoms with Gasteiger partial charge in [0.15, 0.2) is 5.82 Å². The molecule has 0 saturated carbocycles. The molecule has 2 aliphatic heterocycles. The van der Waals surface area contributed by atoms with Crippen LogP contribution in [0.1, 0.15) is 37.6 Å². The summed E-state index contributed by atoms with van der Waals surface area (Å²) in [7, 11) is -3.14. The number of aryl methyl sites for hydroxylation is 1. The summed E-state index contributed by atoms with van der Waals surface area (Å²) in [6, 6.07) is 0. The number of piperidine rings is 1. The summed E-state index contributed by atoms with van der Waals surface area (Å²) in [5, 5.41) is 3.77. The first kappa shape index (κ1) is 14.0. The second-order valence-electron chi connectivity index (χ2n) is 5.39. The van der Waals surface area contributed by atoms with Gasteiger partial charge in [-0.15, -0.1) is 0 Å². The zero-order chi connectivity index (χ0) is 14.3. The molecule has 0 aromatic carbocycles. The molecule has 2 aliphatic rings. The number of nitrogens with zero attached hydrogens (tertiary/aromatic N) is 3. The molecule has 0 spiro atoms. The third kappa shape index (κ3) is 2.47. The Morgan fingerprint density at radius 3 is 2.90 bits per heavy atom. The van der Waals surface area contributed by atoms with Gasteiger partial charge in [-0.2, -0.15) is 9.29 Å². The summed E-state index contributed by atoms with van der Waals surface area (Å²) < 4.78 is 36.5. The van der Waals surface area contributed by atoms with Crippen LogP contribution in [-0.2, 0) is 14.8 Å². The molecule has 1 aromatic rings. The van der Waals surface area contributed by atoms with Gasteiger partial charge in [-0.05, 0) is 32.6 Å². The predicted molar refractivity (Wildman–Crippen MR) is 70.4 cm³/mol. The summed E-state index contributed by atoms with van der Waals surface area (Å²) >= 11 is 0. The van der Waals surface area contributed by atoms with Gasteiger partial charge in [-0.3, -0.25) is 0 Å². The van der Waals surface area contributed by atoms with Crippen LogP contribution in [0.2, 0.25) is 0 Å². The van der Waals surface area contributed by atoms with E-state index in [1.165, 1.54) is 4.31 Å². The number of sulfonamides is 1. The van der Waals surface area contributed by atoms with Crippen LogP contribution >= 0.6 is 0 Å². The first-order valence-corrected chi connectivity index (χ1v) is 8.54. The lowest BCUT2D eigenvalue weighted by Gasteiger charge is -2.32. The molecule has 3 rings (SSSR count). The Balaban J connectivity index is 1.70. The minimum atomic E-state index is -3.14. The van der Waals surface area contributed by atoms with Gasteiger partial charge in [-0.25, -0.2) is 8.42 Å². The summed E-state index contributed by atoms with van der Waals surface area (Å²) in [5.41, 5.74) is 0. The number of hydrogen-bond donors (Lipinski definition) is 0. The molecule has 3 atom stereocenters. The van der Waals surface area contributed by atoms with Gasteiger partial charge in [0.2, 0.25) is 10.0 Å². The van der Waals surface area contributed by atoms with Crippen LogP contribution in [0.15, 0.2) is 4.52 Å². The highest BCUT2D eigenvalue weighted by atomic mass is 32.2. The average Bonchev–Trinajstić information content (AvgIpc) is 3.03. The van der Waals surface area contributed by atoms with Crippen molar-refractivity contribution in [2.24, 2.45) is 5.92 Å². The van der Waals surface area contributed by atoms with Gasteiger partial charge in [-0.1, -0.05) is 5.16 Å². The third-order valence-electron chi connectivity index (χ3n) is 4.09. The van der Waals surface area contributed by atoms with Crippen molar-refractivity contribution in [3.63, 3.8) is 0 Å².